The van der Waals surface area contributed by atoms with E-state index in [9.17, 15) is 9.59 Å². The highest BCUT2D eigenvalue weighted by Crippen LogP contribution is 2.26. The van der Waals surface area contributed by atoms with E-state index in [1.165, 1.54) is 0 Å². The summed E-state index contributed by atoms with van der Waals surface area (Å²) >= 11 is 0. The average molecular weight is 332 g/mol. The molecule has 1 aliphatic heterocycles. The lowest BCUT2D eigenvalue weighted by Crippen LogP contribution is -2.54. The number of ether oxygens (including phenoxy) is 1. The summed E-state index contributed by atoms with van der Waals surface area (Å²) in [6.07, 6.45) is 1.50. The Balaban J connectivity index is 2.01. The minimum atomic E-state index is -0.473. The molecule has 0 saturated carbocycles. The second kappa shape index (κ2) is 7.79. The second-order valence-electron chi connectivity index (χ2n) is 7.37. The van der Waals surface area contributed by atoms with Gasteiger partial charge in [0.05, 0.1) is 6.04 Å². The lowest BCUT2D eigenvalue weighted by atomic mass is 9.86. The number of esters is 1. The molecule has 1 heterocycles. The molecule has 0 radical (unpaired) electrons. The number of hydrogen-bond donors (Lipinski definition) is 1. The van der Waals surface area contributed by atoms with Crippen LogP contribution in [0, 0.1) is 5.41 Å². The Hall–Kier alpha value is -1.88. The van der Waals surface area contributed by atoms with Crippen LogP contribution in [-0.4, -0.2) is 42.5 Å². The highest BCUT2D eigenvalue weighted by molar-refractivity contribution is 5.88. The fourth-order valence-corrected chi connectivity index (χ4v) is 3.19. The minimum Gasteiger partial charge on any atom is -0.459 e. The van der Waals surface area contributed by atoms with Gasteiger partial charge in [-0.2, -0.15) is 0 Å². The van der Waals surface area contributed by atoms with E-state index in [1.807, 2.05) is 51.1 Å². The lowest BCUT2D eigenvalue weighted by molar-refractivity contribution is -0.155. The van der Waals surface area contributed by atoms with Gasteiger partial charge in [0.15, 0.2) is 0 Å². The standard InChI is InChI=1S/C19H28N2O3/c1-19(2,3)16(20-4)17(22)21-12-8-11-15(21)18(23)24-13-14-9-6-5-7-10-14/h5-7,9-10,15-16,20H,8,11-13H2,1-4H3/t15-,16+/m0/s1. The van der Waals surface area contributed by atoms with Gasteiger partial charge in [-0.05, 0) is 30.9 Å². The number of carbonyl (C=O) groups excluding carboxylic acids is 2. The zero-order valence-electron chi connectivity index (χ0n) is 15.0. The molecule has 0 spiro atoms. The summed E-state index contributed by atoms with van der Waals surface area (Å²) in [5, 5.41) is 3.09. The number of carbonyl (C=O) groups is 2. The van der Waals surface area contributed by atoms with Crippen molar-refractivity contribution in [2.24, 2.45) is 5.41 Å². The first-order valence-corrected chi connectivity index (χ1v) is 8.53. The van der Waals surface area contributed by atoms with E-state index in [0.29, 0.717) is 13.0 Å². The van der Waals surface area contributed by atoms with Gasteiger partial charge in [0, 0.05) is 6.54 Å². The zero-order chi connectivity index (χ0) is 17.7. The van der Waals surface area contributed by atoms with Gasteiger partial charge >= 0.3 is 5.97 Å². The van der Waals surface area contributed by atoms with Crippen LogP contribution in [0.25, 0.3) is 0 Å². The first kappa shape index (κ1) is 18.5. The summed E-state index contributed by atoms with van der Waals surface area (Å²) in [5.41, 5.74) is 0.733. The summed E-state index contributed by atoms with van der Waals surface area (Å²) in [5.74, 6) is -0.336. The van der Waals surface area contributed by atoms with Crippen molar-refractivity contribution in [2.45, 2.75) is 52.3 Å². The van der Waals surface area contributed by atoms with Crippen molar-refractivity contribution in [3.8, 4) is 0 Å². The van der Waals surface area contributed by atoms with Gasteiger partial charge in [-0.15, -0.1) is 0 Å². The van der Waals surface area contributed by atoms with Crippen molar-refractivity contribution >= 4 is 11.9 Å². The van der Waals surface area contributed by atoms with Crippen molar-refractivity contribution in [1.29, 1.82) is 0 Å². The maximum Gasteiger partial charge on any atom is 0.329 e. The predicted octanol–water partition coefficient (Wildman–Crippen LogP) is 2.35. The fraction of sp³-hybridized carbons (Fsp3) is 0.579. The fourth-order valence-electron chi connectivity index (χ4n) is 3.19. The maximum absolute atomic E-state index is 12.9. The first-order valence-electron chi connectivity index (χ1n) is 8.53. The molecule has 1 aromatic rings. The van der Waals surface area contributed by atoms with E-state index in [1.54, 1.807) is 11.9 Å². The molecule has 1 N–H and O–H groups in total. The van der Waals surface area contributed by atoms with E-state index < -0.39 is 6.04 Å². The third kappa shape index (κ3) is 4.35. The molecule has 132 valence electrons. The second-order valence-corrected chi connectivity index (χ2v) is 7.37. The van der Waals surface area contributed by atoms with Crippen molar-refractivity contribution in [3.05, 3.63) is 35.9 Å². The van der Waals surface area contributed by atoms with E-state index in [2.05, 4.69) is 5.32 Å². The maximum atomic E-state index is 12.9. The van der Waals surface area contributed by atoms with Crippen molar-refractivity contribution in [2.75, 3.05) is 13.6 Å². The number of rotatable bonds is 5. The largest absolute Gasteiger partial charge is 0.459 e. The van der Waals surface area contributed by atoms with Gasteiger partial charge in [0.2, 0.25) is 5.91 Å². The van der Waals surface area contributed by atoms with Crippen LogP contribution in [0.3, 0.4) is 0 Å². The molecule has 1 aliphatic rings. The molecule has 1 aromatic carbocycles. The molecule has 2 atom stereocenters. The molecular weight excluding hydrogens is 304 g/mol. The van der Waals surface area contributed by atoms with Crippen LogP contribution >= 0.6 is 0 Å². The summed E-state index contributed by atoms with van der Waals surface area (Å²) in [4.78, 5) is 27.0. The number of nitrogens with zero attached hydrogens (tertiary/aromatic N) is 1. The smallest absolute Gasteiger partial charge is 0.329 e. The topological polar surface area (TPSA) is 58.6 Å². The molecule has 1 fully saturated rings. The third-order valence-electron chi connectivity index (χ3n) is 4.43. The number of likely N-dealkylation sites (tertiary alicyclic amines) is 1. The van der Waals surface area contributed by atoms with Crippen LogP contribution in [-0.2, 0) is 20.9 Å². The van der Waals surface area contributed by atoms with Crippen LogP contribution in [0.4, 0.5) is 0 Å². The van der Waals surface area contributed by atoms with Gasteiger partial charge in [-0.1, -0.05) is 51.1 Å². The number of amides is 1. The summed E-state index contributed by atoms with van der Waals surface area (Å²) < 4.78 is 5.44. The molecule has 1 amide bonds. The van der Waals surface area contributed by atoms with E-state index in [0.717, 1.165) is 12.0 Å². The summed E-state index contributed by atoms with van der Waals surface area (Å²) in [6.45, 7) is 6.91. The van der Waals surface area contributed by atoms with Gasteiger partial charge in [-0.3, -0.25) is 4.79 Å². The predicted molar refractivity (Wildman–Crippen MR) is 93.3 cm³/mol. The highest BCUT2D eigenvalue weighted by Gasteiger charge is 2.41. The third-order valence-corrected chi connectivity index (χ3v) is 4.43. The lowest BCUT2D eigenvalue weighted by Gasteiger charge is -2.34. The number of hydrogen-bond acceptors (Lipinski definition) is 4. The van der Waals surface area contributed by atoms with Crippen LogP contribution in [0.2, 0.25) is 0 Å². The molecule has 0 aromatic heterocycles. The number of nitrogens with one attached hydrogen (secondary N) is 1. The molecule has 1 saturated heterocycles. The molecule has 0 aliphatic carbocycles. The molecular formula is C19H28N2O3. The van der Waals surface area contributed by atoms with Crippen LogP contribution < -0.4 is 5.32 Å². The average Bonchev–Trinajstić information content (AvgIpc) is 3.02. The first-order chi connectivity index (χ1) is 11.3. The van der Waals surface area contributed by atoms with Crippen molar-refractivity contribution in [3.63, 3.8) is 0 Å². The Labute approximate surface area is 144 Å². The molecule has 5 heteroatoms. The molecule has 2 rings (SSSR count). The Morgan fingerprint density at radius 3 is 2.54 bits per heavy atom. The Morgan fingerprint density at radius 1 is 1.29 bits per heavy atom. The summed E-state index contributed by atoms with van der Waals surface area (Å²) in [6, 6.07) is 8.79. The van der Waals surface area contributed by atoms with Crippen molar-refractivity contribution in [1.82, 2.24) is 10.2 Å². The van der Waals surface area contributed by atoms with Gasteiger partial charge < -0.3 is 15.0 Å². The quantitative estimate of drug-likeness (QED) is 0.841. The summed E-state index contributed by atoms with van der Waals surface area (Å²) in [7, 11) is 1.78. The zero-order valence-corrected chi connectivity index (χ0v) is 15.0. The molecule has 5 nitrogen and oxygen atoms in total. The Morgan fingerprint density at radius 2 is 1.96 bits per heavy atom. The normalized spacial score (nSPS) is 19.2. The SMILES string of the molecule is CN[C@H](C(=O)N1CCC[C@H]1C(=O)OCc1ccccc1)C(C)(C)C. The molecule has 0 unspecified atom stereocenters. The number of benzene rings is 1. The van der Waals surface area contributed by atoms with Crippen molar-refractivity contribution < 1.29 is 14.3 Å². The van der Waals surface area contributed by atoms with Gasteiger partial charge in [0.25, 0.3) is 0 Å². The monoisotopic (exact) mass is 332 g/mol. The van der Waals surface area contributed by atoms with E-state index in [-0.39, 0.29) is 29.9 Å². The van der Waals surface area contributed by atoms with Crippen LogP contribution in [0.15, 0.2) is 30.3 Å². The van der Waals surface area contributed by atoms with E-state index in [4.69, 9.17) is 4.74 Å². The Bertz CT molecular complexity index is 566. The minimum absolute atomic E-state index is 0.0239. The molecule has 24 heavy (non-hydrogen) atoms. The molecule has 0 bridgehead atoms. The highest BCUT2D eigenvalue weighted by atomic mass is 16.5. The van der Waals surface area contributed by atoms with E-state index >= 15 is 0 Å². The number of likely N-dealkylation sites (N-methyl/N-ethyl adjacent to an activating group) is 1. The van der Waals surface area contributed by atoms with Gasteiger partial charge in [0.1, 0.15) is 12.6 Å². The van der Waals surface area contributed by atoms with Gasteiger partial charge in [-0.25, -0.2) is 4.79 Å². The van der Waals surface area contributed by atoms with Crippen LogP contribution in [0.5, 0.6) is 0 Å². The Kier molecular flexibility index (Phi) is 5.99. The van der Waals surface area contributed by atoms with Crippen LogP contribution in [0.1, 0.15) is 39.2 Å².